The zero-order valence-corrected chi connectivity index (χ0v) is 15.5. The number of para-hydroxylation sites is 1. The van der Waals surface area contributed by atoms with Gasteiger partial charge in [0.05, 0.1) is 5.57 Å². The van der Waals surface area contributed by atoms with Gasteiger partial charge in [0.15, 0.2) is 5.78 Å². The molecule has 0 atom stereocenters. The van der Waals surface area contributed by atoms with E-state index in [9.17, 15) is 4.79 Å². The van der Waals surface area contributed by atoms with Crippen molar-refractivity contribution in [3.05, 3.63) is 82.4 Å². The van der Waals surface area contributed by atoms with Crippen molar-refractivity contribution in [1.29, 1.82) is 0 Å². The summed E-state index contributed by atoms with van der Waals surface area (Å²) in [7, 11) is 0. The molecule has 4 nitrogen and oxygen atoms in total. The average molecular weight is 398 g/mol. The Morgan fingerprint density at radius 1 is 1.20 bits per heavy atom. The number of allylic oxidation sites excluding steroid dienone is 2. The Morgan fingerprint density at radius 3 is 2.76 bits per heavy atom. The number of hydrogen-bond donors (Lipinski definition) is 2. The molecule has 0 unspecified atom stereocenters. The maximum Gasteiger partial charge on any atom is 0.166 e. The fourth-order valence-electron chi connectivity index (χ4n) is 2.88. The van der Waals surface area contributed by atoms with Crippen LogP contribution in [0.1, 0.15) is 24.8 Å². The van der Waals surface area contributed by atoms with E-state index in [2.05, 4.69) is 38.1 Å². The first-order valence-electron chi connectivity index (χ1n) is 8.25. The molecular weight excluding hydrogens is 378 g/mol. The van der Waals surface area contributed by atoms with Gasteiger partial charge in [-0.15, -0.1) is 0 Å². The van der Waals surface area contributed by atoms with E-state index in [-0.39, 0.29) is 5.78 Å². The highest BCUT2D eigenvalue weighted by Gasteiger charge is 2.23. The number of pyridine rings is 1. The average Bonchev–Trinajstić information content (AvgIpc) is 2.62. The molecule has 0 saturated carbocycles. The fraction of sp³-hybridized carbons (Fsp3) is 0.200. The zero-order chi connectivity index (χ0) is 17.6. The lowest BCUT2D eigenvalue weighted by Gasteiger charge is -2.23. The molecule has 1 aliphatic carbocycles. The van der Waals surface area contributed by atoms with E-state index in [4.69, 9.17) is 0 Å². The first kappa shape index (κ1) is 17.4. The molecule has 1 aromatic carbocycles. The second kappa shape index (κ2) is 8.12. The molecule has 0 fully saturated rings. The van der Waals surface area contributed by atoms with E-state index in [0.29, 0.717) is 24.2 Å². The number of carbonyl (C=O) groups is 1. The Balaban J connectivity index is 1.79. The van der Waals surface area contributed by atoms with Crippen LogP contribution in [-0.4, -0.2) is 10.8 Å². The number of nitrogens with zero attached hydrogens (tertiary/aromatic N) is 1. The number of nitrogens with one attached hydrogen (secondary N) is 2. The number of halogens is 1. The molecule has 1 heterocycles. The van der Waals surface area contributed by atoms with Crippen molar-refractivity contribution in [3.63, 3.8) is 0 Å². The van der Waals surface area contributed by atoms with Crippen LogP contribution < -0.4 is 10.6 Å². The van der Waals surface area contributed by atoms with Crippen LogP contribution in [0, 0.1) is 0 Å². The molecule has 5 heteroatoms. The zero-order valence-electron chi connectivity index (χ0n) is 13.9. The van der Waals surface area contributed by atoms with Gasteiger partial charge in [-0.25, -0.2) is 0 Å². The third kappa shape index (κ3) is 4.37. The minimum absolute atomic E-state index is 0.135. The molecule has 1 aromatic heterocycles. The molecule has 0 bridgehead atoms. The molecule has 0 saturated heterocycles. The van der Waals surface area contributed by atoms with Crippen LogP contribution in [0.5, 0.6) is 0 Å². The SMILES string of the molecule is C=C(Nc1ccccc1)C1=C(NCc2ccncc2Br)CCCC1=O. The normalized spacial score (nSPS) is 14.4. The van der Waals surface area contributed by atoms with Crippen molar-refractivity contribution >= 4 is 27.4 Å². The molecule has 2 aromatic rings. The second-order valence-corrected chi connectivity index (χ2v) is 6.77. The number of benzene rings is 1. The van der Waals surface area contributed by atoms with Crippen molar-refractivity contribution in [3.8, 4) is 0 Å². The van der Waals surface area contributed by atoms with Crippen molar-refractivity contribution in [1.82, 2.24) is 10.3 Å². The van der Waals surface area contributed by atoms with Crippen molar-refractivity contribution < 1.29 is 4.79 Å². The molecule has 128 valence electrons. The maximum absolute atomic E-state index is 12.5. The smallest absolute Gasteiger partial charge is 0.166 e. The summed E-state index contributed by atoms with van der Waals surface area (Å²) in [5, 5.41) is 6.68. The van der Waals surface area contributed by atoms with E-state index in [0.717, 1.165) is 34.3 Å². The predicted molar refractivity (Wildman–Crippen MR) is 104 cm³/mol. The summed E-state index contributed by atoms with van der Waals surface area (Å²) >= 11 is 3.51. The molecule has 0 aliphatic heterocycles. The molecule has 1 aliphatic rings. The Bertz CT molecular complexity index is 815. The summed E-state index contributed by atoms with van der Waals surface area (Å²) in [5.41, 5.74) is 4.30. The molecule has 0 spiro atoms. The highest BCUT2D eigenvalue weighted by Crippen LogP contribution is 2.27. The Kier molecular flexibility index (Phi) is 5.66. The number of Topliss-reactive ketones (excluding diaryl/α,β-unsaturated/α-hetero) is 1. The Hall–Kier alpha value is -2.40. The van der Waals surface area contributed by atoms with Crippen LogP contribution in [0.2, 0.25) is 0 Å². The quantitative estimate of drug-likeness (QED) is 0.749. The number of ketones is 1. The number of aromatic nitrogens is 1. The first-order chi connectivity index (χ1) is 12.1. The van der Waals surface area contributed by atoms with E-state index in [1.54, 1.807) is 12.4 Å². The highest BCUT2D eigenvalue weighted by molar-refractivity contribution is 9.10. The van der Waals surface area contributed by atoms with Crippen LogP contribution in [-0.2, 0) is 11.3 Å². The summed E-state index contributed by atoms with van der Waals surface area (Å²) in [6, 6.07) is 11.7. The molecule has 3 rings (SSSR count). The lowest BCUT2D eigenvalue weighted by Crippen LogP contribution is -2.24. The maximum atomic E-state index is 12.5. The van der Waals surface area contributed by atoms with E-state index in [1.807, 2.05) is 36.4 Å². The van der Waals surface area contributed by atoms with Gasteiger partial charge in [0, 0.05) is 46.9 Å². The minimum atomic E-state index is 0.135. The largest absolute Gasteiger partial charge is 0.384 e. The number of hydrogen-bond acceptors (Lipinski definition) is 4. The van der Waals surface area contributed by atoms with Gasteiger partial charge in [-0.3, -0.25) is 9.78 Å². The summed E-state index contributed by atoms with van der Waals surface area (Å²) in [6.07, 6.45) is 5.81. The van der Waals surface area contributed by atoms with Gasteiger partial charge in [-0.1, -0.05) is 24.8 Å². The molecule has 2 N–H and O–H groups in total. The van der Waals surface area contributed by atoms with Crippen LogP contribution in [0.4, 0.5) is 5.69 Å². The minimum Gasteiger partial charge on any atom is -0.384 e. The summed E-state index contributed by atoms with van der Waals surface area (Å²) < 4.78 is 0.952. The van der Waals surface area contributed by atoms with Crippen molar-refractivity contribution in [2.24, 2.45) is 0 Å². The van der Waals surface area contributed by atoms with Gasteiger partial charge in [0.1, 0.15) is 0 Å². The van der Waals surface area contributed by atoms with E-state index >= 15 is 0 Å². The van der Waals surface area contributed by atoms with Gasteiger partial charge >= 0.3 is 0 Å². The van der Waals surface area contributed by atoms with Gasteiger partial charge in [-0.05, 0) is 52.5 Å². The fourth-order valence-corrected chi connectivity index (χ4v) is 3.27. The first-order valence-corrected chi connectivity index (χ1v) is 9.04. The second-order valence-electron chi connectivity index (χ2n) is 5.92. The number of carbonyl (C=O) groups excluding carboxylic acids is 1. The topological polar surface area (TPSA) is 54.0 Å². The third-order valence-corrected chi connectivity index (χ3v) is 4.84. The van der Waals surface area contributed by atoms with Crippen LogP contribution in [0.25, 0.3) is 0 Å². The summed E-state index contributed by atoms with van der Waals surface area (Å²) in [4.78, 5) is 16.6. The lowest BCUT2D eigenvalue weighted by atomic mass is 9.92. The van der Waals surface area contributed by atoms with Gasteiger partial charge < -0.3 is 10.6 Å². The molecular formula is C20H20BrN3O. The van der Waals surface area contributed by atoms with Crippen LogP contribution in [0.15, 0.2) is 76.8 Å². The monoisotopic (exact) mass is 397 g/mol. The predicted octanol–water partition coefficient (Wildman–Crippen LogP) is 4.57. The summed E-state index contributed by atoms with van der Waals surface area (Å²) in [5.74, 6) is 0.135. The van der Waals surface area contributed by atoms with Gasteiger partial charge in [0.25, 0.3) is 0 Å². The molecule has 25 heavy (non-hydrogen) atoms. The highest BCUT2D eigenvalue weighted by atomic mass is 79.9. The third-order valence-electron chi connectivity index (χ3n) is 4.13. The van der Waals surface area contributed by atoms with Gasteiger partial charge in [0.2, 0.25) is 0 Å². The molecule has 0 radical (unpaired) electrons. The van der Waals surface area contributed by atoms with Crippen molar-refractivity contribution in [2.45, 2.75) is 25.8 Å². The van der Waals surface area contributed by atoms with Crippen molar-refractivity contribution in [2.75, 3.05) is 5.32 Å². The Morgan fingerprint density at radius 2 is 2.00 bits per heavy atom. The Labute approximate surface area is 156 Å². The lowest BCUT2D eigenvalue weighted by molar-refractivity contribution is -0.115. The number of rotatable bonds is 6. The van der Waals surface area contributed by atoms with Crippen LogP contribution in [0.3, 0.4) is 0 Å². The molecule has 0 amide bonds. The van der Waals surface area contributed by atoms with Gasteiger partial charge in [-0.2, -0.15) is 0 Å². The summed E-state index contributed by atoms with van der Waals surface area (Å²) in [6.45, 7) is 4.73. The number of anilines is 1. The van der Waals surface area contributed by atoms with E-state index in [1.165, 1.54) is 0 Å². The van der Waals surface area contributed by atoms with E-state index < -0.39 is 0 Å². The van der Waals surface area contributed by atoms with Crippen LogP contribution >= 0.6 is 15.9 Å². The standard InChI is InChI=1S/C20H20BrN3O/c1-14(24-16-6-3-2-4-7-16)20-18(8-5-9-19(20)25)23-12-15-10-11-22-13-17(15)21/h2-4,6-7,10-11,13,23-24H,1,5,8-9,12H2.